The highest BCUT2D eigenvalue weighted by Crippen LogP contribution is 2.34. The van der Waals surface area contributed by atoms with Gasteiger partial charge in [0, 0.05) is 24.6 Å². The Balaban J connectivity index is 1.53. The first-order chi connectivity index (χ1) is 13.2. The quantitative estimate of drug-likeness (QED) is 0.883. The van der Waals surface area contributed by atoms with E-state index in [1.807, 2.05) is 30.0 Å². The summed E-state index contributed by atoms with van der Waals surface area (Å²) in [5, 5.41) is 2.92. The van der Waals surface area contributed by atoms with Crippen molar-refractivity contribution in [2.75, 3.05) is 26.3 Å². The number of nitrogens with one attached hydrogen (secondary N) is 1. The van der Waals surface area contributed by atoms with Gasteiger partial charge in [-0.2, -0.15) is 0 Å². The zero-order valence-corrected chi connectivity index (χ0v) is 15.9. The molecule has 4 rings (SSSR count). The number of rotatable bonds is 3. The number of hydrogen-bond acceptors (Lipinski definition) is 4. The molecule has 2 aliphatic heterocycles. The van der Waals surface area contributed by atoms with Gasteiger partial charge in [0.1, 0.15) is 5.75 Å². The van der Waals surface area contributed by atoms with Crippen LogP contribution in [0.25, 0.3) is 0 Å². The van der Waals surface area contributed by atoms with Gasteiger partial charge >= 0.3 is 0 Å². The minimum Gasteiger partial charge on any atom is -0.493 e. The Labute approximate surface area is 160 Å². The van der Waals surface area contributed by atoms with Gasteiger partial charge in [-0.15, -0.1) is 0 Å². The molecule has 0 radical (unpaired) electrons. The summed E-state index contributed by atoms with van der Waals surface area (Å²) in [5.41, 5.74) is 1.82. The highest BCUT2D eigenvalue weighted by molar-refractivity contribution is 5.95. The third-order valence-corrected chi connectivity index (χ3v) is 5.96. The van der Waals surface area contributed by atoms with Crippen molar-refractivity contribution in [2.24, 2.45) is 5.92 Å². The van der Waals surface area contributed by atoms with Crippen molar-refractivity contribution in [1.29, 1.82) is 0 Å². The second-order valence-corrected chi connectivity index (χ2v) is 7.65. The maximum Gasteiger partial charge on any atom is 0.254 e. The molecule has 2 amide bonds. The van der Waals surface area contributed by atoms with E-state index in [1.54, 1.807) is 0 Å². The maximum atomic E-state index is 13.3. The van der Waals surface area contributed by atoms with E-state index >= 15 is 0 Å². The highest BCUT2D eigenvalue weighted by atomic mass is 16.5. The van der Waals surface area contributed by atoms with E-state index in [-0.39, 0.29) is 29.9 Å². The molecule has 6 heteroatoms. The number of benzene rings is 1. The van der Waals surface area contributed by atoms with Crippen LogP contribution in [-0.2, 0) is 16.0 Å². The highest BCUT2D eigenvalue weighted by Gasteiger charge is 2.41. The molecule has 3 atom stereocenters. The lowest BCUT2D eigenvalue weighted by atomic mass is 9.81. The summed E-state index contributed by atoms with van der Waals surface area (Å²) in [5.74, 6) is 0.991. The molecule has 3 aliphatic rings. The van der Waals surface area contributed by atoms with Crippen LogP contribution >= 0.6 is 0 Å². The molecule has 0 bridgehead atoms. The molecule has 6 nitrogen and oxygen atoms in total. The number of aryl methyl sites for hydroxylation is 1. The Morgan fingerprint density at radius 3 is 3.00 bits per heavy atom. The van der Waals surface area contributed by atoms with Crippen molar-refractivity contribution < 1.29 is 19.1 Å². The van der Waals surface area contributed by atoms with Crippen molar-refractivity contribution >= 4 is 11.8 Å². The largest absolute Gasteiger partial charge is 0.493 e. The SMILES string of the molecule is CCNC(=O)[C@H]1CC[C@H]2OCCN(C(=O)c3ccc4c(c3)CCCO4)[C@@H]2C1. The Kier molecular flexibility index (Phi) is 5.34. The number of ether oxygens (including phenoxy) is 2. The molecular formula is C21H28N2O4. The molecule has 27 heavy (non-hydrogen) atoms. The molecule has 2 heterocycles. The van der Waals surface area contributed by atoms with Crippen molar-refractivity contribution in [3.05, 3.63) is 29.3 Å². The van der Waals surface area contributed by atoms with Crippen LogP contribution in [0.2, 0.25) is 0 Å². The number of carbonyl (C=O) groups is 2. The molecular weight excluding hydrogens is 344 g/mol. The first kappa shape index (κ1) is 18.3. The van der Waals surface area contributed by atoms with Crippen LogP contribution < -0.4 is 10.1 Å². The molecule has 1 saturated heterocycles. The Morgan fingerprint density at radius 1 is 1.26 bits per heavy atom. The summed E-state index contributed by atoms with van der Waals surface area (Å²) in [6.45, 7) is 4.46. The van der Waals surface area contributed by atoms with Crippen molar-refractivity contribution in [3.63, 3.8) is 0 Å². The lowest BCUT2D eigenvalue weighted by Gasteiger charge is -2.45. The van der Waals surface area contributed by atoms with Crippen molar-refractivity contribution in [1.82, 2.24) is 10.2 Å². The summed E-state index contributed by atoms with van der Waals surface area (Å²) >= 11 is 0. The zero-order valence-electron chi connectivity index (χ0n) is 15.9. The van der Waals surface area contributed by atoms with E-state index < -0.39 is 0 Å². The van der Waals surface area contributed by atoms with E-state index in [1.165, 1.54) is 0 Å². The molecule has 146 valence electrons. The number of amides is 2. The molecule has 1 aliphatic carbocycles. The van der Waals surface area contributed by atoms with Gasteiger partial charge in [-0.25, -0.2) is 0 Å². The van der Waals surface area contributed by atoms with Gasteiger partial charge in [-0.3, -0.25) is 9.59 Å². The second kappa shape index (κ2) is 7.89. The number of carbonyl (C=O) groups excluding carboxylic acids is 2. The molecule has 1 saturated carbocycles. The fraction of sp³-hybridized carbons (Fsp3) is 0.619. The number of fused-ring (bicyclic) bond motifs is 2. The first-order valence-corrected chi connectivity index (χ1v) is 10.1. The molecule has 0 spiro atoms. The fourth-order valence-corrected chi connectivity index (χ4v) is 4.58. The maximum absolute atomic E-state index is 13.3. The Morgan fingerprint density at radius 2 is 2.15 bits per heavy atom. The summed E-state index contributed by atoms with van der Waals surface area (Å²) in [6.07, 6.45) is 4.30. The van der Waals surface area contributed by atoms with Gasteiger partial charge in [-0.1, -0.05) is 0 Å². The third kappa shape index (κ3) is 3.68. The van der Waals surface area contributed by atoms with E-state index in [2.05, 4.69) is 5.32 Å². The topological polar surface area (TPSA) is 67.9 Å². The minimum absolute atomic E-state index is 0.0279. The van der Waals surface area contributed by atoms with Crippen molar-refractivity contribution in [3.8, 4) is 5.75 Å². The van der Waals surface area contributed by atoms with Gasteiger partial charge in [0.25, 0.3) is 5.91 Å². The summed E-state index contributed by atoms with van der Waals surface area (Å²) in [6, 6.07) is 5.73. The molecule has 0 aromatic heterocycles. The lowest BCUT2D eigenvalue weighted by molar-refractivity contribution is -0.131. The Hall–Kier alpha value is -2.08. The van der Waals surface area contributed by atoms with Gasteiger partial charge in [0.05, 0.1) is 25.4 Å². The average Bonchev–Trinajstić information content (AvgIpc) is 2.72. The van der Waals surface area contributed by atoms with E-state index in [4.69, 9.17) is 9.47 Å². The number of nitrogens with zero attached hydrogens (tertiary/aromatic N) is 1. The van der Waals surface area contributed by atoms with Crippen LogP contribution in [0.3, 0.4) is 0 Å². The predicted octanol–water partition coefficient (Wildman–Crippen LogP) is 2.16. The standard InChI is InChI=1S/C21H28N2O4/c1-2-22-20(24)15-5-8-19-17(13-15)23(9-11-27-19)21(25)16-6-7-18-14(12-16)4-3-10-26-18/h6-7,12,15,17,19H,2-5,8-11,13H2,1H3,(H,22,24)/t15-,17+,19+/m0/s1. The van der Waals surface area contributed by atoms with Crippen LogP contribution in [0, 0.1) is 5.92 Å². The summed E-state index contributed by atoms with van der Waals surface area (Å²) < 4.78 is 11.6. The molecule has 1 aromatic rings. The second-order valence-electron chi connectivity index (χ2n) is 7.65. The summed E-state index contributed by atoms with van der Waals surface area (Å²) in [4.78, 5) is 27.5. The average molecular weight is 372 g/mol. The van der Waals surface area contributed by atoms with Gasteiger partial charge in [0.15, 0.2) is 0 Å². The van der Waals surface area contributed by atoms with Gasteiger partial charge in [0.2, 0.25) is 5.91 Å². The van der Waals surface area contributed by atoms with Crippen molar-refractivity contribution in [2.45, 2.75) is 51.2 Å². The first-order valence-electron chi connectivity index (χ1n) is 10.1. The Bertz CT molecular complexity index is 720. The fourth-order valence-electron chi connectivity index (χ4n) is 4.58. The minimum atomic E-state index is -0.0415. The van der Waals surface area contributed by atoms with Crippen LogP contribution in [0.4, 0.5) is 0 Å². The van der Waals surface area contributed by atoms with Gasteiger partial charge < -0.3 is 19.7 Å². The van der Waals surface area contributed by atoms with E-state index in [9.17, 15) is 9.59 Å². The monoisotopic (exact) mass is 372 g/mol. The predicted molar refractivity (Wildman–Crippen MR) is 101 cm³/mol. The van der Waals surface area contributed by atoms with Crippen LogP contribution in [0.15, 0.2) is 18.2 Å². The lowest BCUT2D eigenvalue weighted by Crippen LogP contribution is -2.57. The molecule has 1 N–H and O–H groups in total. The molecule has 2 fully saturated rings. The van der Waals surface area contributed by atoms with Gasteiger partial charge in [-0.05, 0) is 62.8 Å². The smallest absolute Gasteiger partial charge is 0.254 e. The molecule has 1 aromatic carbocycles. The van der Waals surface area contributed by atoms with Crippen LogP contribution in [0.5, 0.6) is 5.75 Å². The number of morpholine rings is 1. The summed E-state index contributed by atoms with van der Waals surface area (Å²) in [7, 11) is 0. The van der Waals surface area contributed by atoms with E-state index in [0.29, 0.717) is 31.7 Å². The van der Waals surface area contributed by atoms with Crippen LogP contribution in [0.1, 0.15) is 48.5 Å². The normalized spacial score (nSPS) is 27.1. The zero-order chi connectivity index (χ0) is 18.8. The van der Waals surface area contributed by atoms with Crippen LogP contribution in [-0.4, -0.2) is 55.2 Å². The number of hydrogen-bond donors (Lipinski definition) is 1. The third-order valence-electron chi connectivity index (χ3n) is 5.96. The van der Waals surface area contributed by atoms with E-state index in [0.717, 1.165) is 43.6 Å². The molecule has 0 unspecified atom stereocenters.